The van der Waals surface area contributed by atoms with Crippen molar-refractivity contribution in [2.75, 3.05) is 0 Å². The van der Waals surface area contributed by atoms with Crippen LogP contribution >= 0.6 is 11.6 Å². The summed E-state index contributed by atoms with van der Waals surface area (Å²) in [4.78, 5) is 29.8. The number of carbonyl (C=O) groups is 2. The smallest absolute Gasteiger partial charge is 0.326 e. The summed E-state index contributed by atoms with van der Waals surface area (Å²) in [5.41, 5.74) is 0.483. The van der Waals surface area contributed by atoms with Gasteiger partial charge in [0.05, 0.1) is 11.9 Å². The number of benzene rings is 1. The molecular formula is C13H12ClN3O4. The van der Waals surface area contributed by atoms with Crippen LogP contribution in [0.25, 0.3) is 0 Å². The lowest BCUT2D eigenvalue weighted by Gasteiger charge is -2.14. The van der Waals surface area contributed by atoms with Crippen LogP contribution in [-0.2, 0) is 11.2 Å². The Balaban J connectivity index is 2.14. The van der Waals surface area contributed by atoms with Crippen molar-refractivity contribution in [2.24, 2.45) is 0 Å². The van der Waals surface area contributed by atoms with Crippen LogP contribution in [0.15, 0.2) is 30.7 Å². The molecule has 2 aromatic rings. The molecule has 1 atom stereocenters. The second-order valence-corrected chi connectivity index (χ2v) is 4.74. The topological polar surface area (TPSA) is 115 Å². The number of H-pyrrole nitrogens is 1. The first kappa shape index (κ1) is 14.9. The summed E-state index contributed by atoms with van der Waals surface area (Å²) in [6, 6.07) is 2.80. The van der Waals surface area contributed by atoms with Crippen molar-refractivity contribution >= 4 is 23.5 Å². The van der Waals surface area contributed by atoms with Gasteiger partial charge in [0.2, 0.25) is 0 Å². The van der Waals surface area contributed by atoms with Gasteiger partial charge >= 0.3 is 5.97 Å². The van der Waals surface area contributed by atoms with Crippen LogP contribution in [0.4, 0.5) is 0 Å². The molecule has 0 unspecified atom stereocenters. The van der Waals surface area contributed by atoms with Gasteiger partial charge in [0.25, 0.3) is 5.91 Å². The Hall–Kier alpha value is -2.54. The van der Waals surface area contributed by atoms with E-state index in [0.29, 0.717) is 5.69 Å². The van der Waals surface area contributed by atoms with Gasteiger partial charge in [-0.2, -0.15) is 0 Å². The number of halogens is 1. The fraction of sp³-hybridized carbons (Fsp3) is 0.154. The van der Waals surface area contributed by atoms with Crippen molar-refractivity contribution in [3.63, 3.8) is 0 Å². The molecule has 7 nitrogen and oxygen atoms in total. The first-order chi connectivity index (χ1) is 9.97. The predicted octanol–water partition coefficient (Wildman–Crippen LogP) is 1.19. The Bertz CT molecular complexity index is 657. The van der Waals surface area contributed by atoms with Gasteiger partial charge in [-0.1, -0.05) is 11.6 Å². The van der Waals surface area contributed by atoms with E-state index in [1.54, 1.807) is 0 Å². The average Bonchev–Trinajstić information content (AvgIpc) is 2.93. The lowest BCUT2D eigenvalue weighted by Crippen LogP contribution is -2.42. The second-order valence-electron chi connectivity index (χ2n) is 4.31. The number of rotatable bonds is 5. The van der Waals surface area contributed by atoms with Gasteiger partial charge in [0, 0.05) is 23.3 Å². The van der Waals surface area contributed by atoms with Crippen LogP contribution in [0.1, 0.15) is 16.1 Å². The zero-order valence-corrected chi connectivity index (χ0v) is 11.5. The molecule has 0 aliphatic carbocycles. The third-order valence-corrected chi connectivity index (χ3v) is 3.02. The van der Waals surface area contributed by atoms with Gasteiger partial charge in [-0.3, -0.25) is 4.79 Å². The Morgan fingerprint density at radius 3 is 2.81 bits per heavy atom. The number of aromatic hydroxyl groups is 1. The van der Waals surface area contributed by atoms with Crippen LogP contribution < -0.4 is 5.32 Å². The lowest BCUT2D eigenvalue weighted by atomic mass is 10.1. The summed E-state index contributed by atoms with van der Waals surface area (Å²) in [6.45, 7) is 0. The maximum atomic E-state index is 12.0. The van der Waals surface area contributed by atoms with Crippen LogP contribution in [0.3, 0.4) is 0 Å². The largest absolute Gasteiger partial charge is 0.507 e. The minimum Gasteiger partial charge on any atom is -0.507 e. The number of nitrogens with zero attached hydrogens (tertiary/aromatic N) is 1. The molecule has 21 heavy (non-hydrogen) atoms. The molecule has 0 aliphatic rings. The number of phenolic OH excluding ortho intramolecular Hbond substituents is 1. The average molecular weight is 310 g/mol. The highest BCUT2D eigenvalue weighted by atomic mass is 35.5. The minimum atomic E-state index is -1.19. The highest BCUT2D eigenvalue weighted by Gasteiger charge is 2.23. The maximum absolute atomic E-state index is 12.0. The maximum Gasteiger partial charge on any atom is 0.326 e. The van der Waals surface area contributed by atoms with Gasteiger partial charge in [0.1, 0.15) is 11.8 Å². The van der Waals surface area contributed by atoms with E-state index in [2.05, 4.69) is 15.3 Å². The predicted molar refractivity (Wildman–Crippen MR) is 74.3 cm³/mol. The van der Waals surface area contributed by atoms with Gasteiger partial charge < -0.3 is 20.5 Å². The molecule has 0 radical (unpaired) electrons. The SMILES string of the molecule is O=C(N[C@H](Cc1cnc[nH]1)C(=O)O)c1cc(Cl)ccc1O. The molecule has 0 saturated heterocycles. The van der Waals surface area contributed by atoms with E-state index >= 15 is 0 Å². The molecule has 4 N–H and O–H groups in total. The fourth-order valence-electron chi connectivity index (χ4n) is 1.74. The number of carboxylic acids is 1. The summed E-state index contributed by atoms with van der Waals surface area (Å²) >= 11 is 5.75. The van der Waals surface area contributed by atoms with Crippen LogP contribution in [0.5, 0.6) is 5.75 Å². The summed E-state index contributed by atoms with van der Waals surface area (Å²) in [7, 11) is 0. The summed E-state index contributed by atoms with van der Waals surface area (Å²) in [5.74, 6) is -2.19. The van der Waals surface area contributed by atoms with Crippen molar-refractivity contribution in [2.45, 2.75) is 12.5 Å². The third-order valence-electron chi connectivity index (χ3n) is 2.79. The Kier molecular flexibility index (Phi) is 4.44. The quantitative estimate of drug-likeness (QED) is 0.662. The van der Waals surface area contributed by atoms with E-state index in [-0.39, 0.29) is 22.8 Å². The number of aliphatic carboxylic acids is 1. The summed E-state index contributed by atoms with van der Waals surface area (Å²) in [6.07, 6.45) is 2.93. The molecular weight excluding hydrogens is 298 g/mol. The molecule has 0 bridgehead atoms. The van der Waals surface area contributed by atoms with E-state index in [9.17, 15) is 14.7 Å². The van der Waals surface area contributed by atoms with Crippen LogP contribution in [-0.4, -0.2) is 38.1 Å². The number of hydrogen-bond acceptors (Lipinski definition) is 4. The minimum absolute atomic E-state index is 0.0440. The molecule has 2 rings (SSSR count). The zero-order chi connectivity index (χ0) is 15.4. The molecule has 0 fully saturated rings. The Labute approximate surface area is 124 Å². The van der Waals surface area contributed by atoms with Crippen molar-refractivity contribution < 1.29 is 19.8 Å². The molecule has 110 valence electrons. The molecule has 0 saturated carbocycles. The molecule has 0 aliphatic heterocycles. The lowest BCUT2D eigenvalue weighted by molar-refractivity contribution is -0.139. The van der Waals surface area contributed by atoms with E-state index < -0.39 is 17.9 Å². The number of imidazole rings is 1. The van der Waals surface area contributed by atoms with Crippen LogP contribution in [0.2, 0.25) is 5.02 Å². The van der Waals surface area contributed by atoms with E-state index in [1.165, 1.54) is 30.7 Å². The number of aromatic amines is 1. The number of nitrogens with one attached hydrogen (secondary N) is 2. The van der Waals surface area contributed by atoms with E-state index in [1.807, 2.05) is 0 Å². The number of carboxylic acid groups (broad SMARTS) is 1. The van der Waals surface area contributed by atoms with Crippen molar-refractivity contribution in [1.29, 1.82) is 0 Å². The molecule has 1 aromatic carbocycles. The molecule has 1 aromatic heterocycles. The first-order valence-electron chi connectivity index (χ1n) is 5.97. The number of carbonyl (C=O) groups excluding carboxylic acids is 1. The monoisotopic (exact) mass is 309 g/mol. The van der Waals surface area contributed by atoms with Crippen molar-refractivity contribution in [1.82, 2.24) is 15.3 Å². The van der Waals surface area contributed by atoms with Crippen LogP contribution in [0, 0.1) is 0 Å². The van der Waals surface area contributed by atoms with Crippen molar-refractivity contribution in [3.05, 3.63) is 47.0 Å². The van der Waals surface area contributed by atoms with Gasteiger partial charge in [0.15, 0.2) is 0 Å². The zero-order valence-electron chi connectivity index (χ0n) is 10.7. The number of amides is 1. The van der Waals surface area contributed by atoms with Crippen molar-refractivity contribution in [3.8, 4) is 5.75 Å². The van der Waals surface area contributed by atoms with E-state index in [4.69, 9.17) is 16.7 Å². The fourth-order valence-corrected chi connectivity index (χ4v) is 1.91. The standard InChI is InChI=1S/C13H12ClN3O4/c14-7-1-2-11(18)9(3-7)12(19)17-10(13(20)21)4-8-5-15-6-16-8/h1-3,5-6,10,18H,4H2,(H,15,16)(H,17,19)(H,20,21)/t10-/m1/s1. The highest BCUT2D eigenvalue weighted by Crippen LogP contribution is 2.21. The summed E-state index contributed by atoms with van der Waals surface area (Å²) in [5, 5.41) is 21.4. The summed E-state index contributed by atoms with van der Waals surface area (Å²) < 4.78 is 0. The molecule has 0 spiro atoms. The Morgan fingerprint density at radius 2 is 2.19 bits per heavy atom. The first-order valence-corrected chi connectivity index (χ1v) is 6.34. The number of aromatic nitrogens is 2. The molecule has 1 heterocycles. The Morgan fingerprint density at radius 1 is 1.43 bits per heavy atom. The number of hydrogen-bond donors (Lipinski definition) is 4. The number of phenols is 1. The normalized spacial score (nSPS) is 11.9. The second kappa shape index (κ2) is 6.27. The third kappa shape index (κ3) is 3.73. The molecule has 8 heteroatoms. The highest BCUT2D eigenvalue weighted by molar-refractivity contribution is 6.31. The van der Waals surface area contributed by atoms with E-state index in [0.717, 1.165) is 0 Å². The molecule has 1 amide bonds. The van der Waals surface area contributed by atoms with Gasteiger partial charge in [-0.15, -0.1) is 0 Å². The van der Waals surface area contributed by atoms with Gasteiger partial charge in [-0.25, -0.2) is 9.78 Å². The van der Waals surface area contributed by atoms with Gasteiger partial charge in [-0.05, 0) is 18.2 Å².